The van der Waals surface area contributed by atoms with Crippen LogP contribution in [0.15, 0.2) is 53.5 Å². The molecular weight excluding hydrogens is 455 g/mol. The van der Waals surface area contributed by atoms with E-state index in [4.69, 9.17) is 15.2 Å². The predicted octanol–water partition coefficient (Wildman–Crippen LogP) is 4.72. The van der Waals surface area contributed by atoms with Gasteiger partial charge in [0.2, 0.25) is 12.7 Å². The van der Waals surface area contributed by atoms with E-state index in [1.54, 1.807) is 24.3 Å². The van der Waals surface area contributed by atoms with Gasteiger partial charge in [0.15, 0.2) is 11.5 Å². The SMILES string of the molecule is NC1=Nc2cc3c(cc2C2(C1)C(=O)N(Cc1ccc(C(F)(F)F)s1)c1ccccc12)OCO3. The number of thiophene rings is 1. The topological polar surface area (TPSA) is 77.2 Å². The third-order valence-electron chi connectivity index (χ3n) is 6.18. The molecule has 0 bridgehead atoms. The molecule has 3 aliphatic rings. The number of carbonyl (C=O) groups excluding carboxylic acids is 1. The Morgan fingerprint density at radius 2 is 1.85 bits per heavy atom. The number of anilines is 1. The monoisotopic (exact) mass is 471 g/mol. The van der Waals surface area contributed by atoms with E-state index in [1.807, 2.05) is 12.1 Å². The number of hydrogen-bond donors (Lipinski definition) is 1. The van der Waals surface area contributed by atoms with Gasteiger partial charge in [0, 0.05) is 28.6 Å². The van der Waals surface area contributed by atoms with Gasteiger partial charge in [-0.1, -0.05) is 18.2 Å². The van der Waals surface area contributed by atoms with Gasteiger partial charge < -0.3 is 20.1 Å². The molecule has 168 valence electrons. The van der Waals surface area contributed by atoms with Crippen molar-refractivity contribution in [3.05, 3.63) is 69.4 Å². The minimum Gasteiger partial charge on any atom is -0.454 e. The average molecular weight is 471 g/mol. The summed E-state index contributed by atoms with van der Waals surface area (Å²) < 4.78 is 50.3. The lowest BCUT2D eigenvalue weighted by atomic mass is 9.70. The lowest BCUT2D eigenvalue weighted by Gasteiger charge is -2.33. The maximum absolute atomic E-state index is 14.1. The van der Waals surface area contributed by atoms with E-state index in [0.29, 0.717) is 50.5 Å². The van der Waals surface area contributed by atoms with Crippen LogP contribution in [-0.2, 0) is 22.9 Å². The third kappa shape index (κ3) is 2.86. The number of benzene rings is 2. The lowest BCUT2D eigenvalue weighted by Crippen LogP contribution is -2.45. The maximum Gasteiger partial charge on any atom is 0.425 e. The van der Waals surface area contributed by atoms with E-state index < -0.39 is 16.5 Å². The van der Waals surface area contributed by atoms with Crippen molar-refractivity contribution >= 4 is 34.5 Å². The number of halogens is 3. The Hall–Kier alpha value is -3.53. The summed E-state index contributed by atoms with van der Waals surface area (Å²) >= 11 is 0.637. The minimum absolute atomic E-state index is 0.0231. The van der Waals surface area contributed by atoms with Crippen LogP contribution in [0.1, 0.15) is 27.3 Å². The molecule has 3 aromatic rings. The van der Waals surface area contributed by atoms with Gasteiger partial charge in [-0.2, -0.15) is 13.2 Å². The first-order chi connectivity index (χ1) is 15.8. The summed E-state index contributed by atoms with van der Waals surface area (Å²) in [6.07, 6.45) is -4.27. The highest BCUT2D eigenvalue weighted by molar-refractivity contribution is 7.12. The summed E-state index contributed by atoms with van der Waals surface area (Å²) in [7, 11) is 0. The van der Waals surface area contributed by atoms with Crippen LogP contribution >= 0.6 is 11.3 Å². The van der Waals surface area contributed by atoms with Crippen LogP contribution in [0.5, 0.6) is 11.5 Å². The fraction of sp³-hybridized carbons (Fsp3) is 0.217. The second-order valence-electron chi connectivity index (χ2n) is 8.08. The first-order valence-corrected chi connectivity index (χ1v) is 10.9. The lowest BCUT2D eigenvalue weighted by molar-refractivity contribution is -0.134. The standard InChI is InChI=1S/C23H16F3N3O3S/c24-23(25,26)19-6-5-12(33-19)10-29-16-4-2-1-3-13(16)22(21(29)30)9-20(27)28-15-8-18-17(7-14(15)22)31-11-32-18/h1-8H,9-11H2,(H2,27,28). The first kappa shape index (κ1) is 20.1. The van der Waals surface area contributed by atoms with Crippen molar-refractivity contribution in [2.45, 2.75) is 24.6 Å². The molecule has 33 heavy (non-hydrogen) atoms. The van der Waals surface area contributed by atoms with Gasteiger partial charge in [0.1, 0.15) is 16.1 Å². The summed E-state index contributed by atoms with van der Waals surface area (Å²) in [5.41, 5.74) is 7.59. The smallest absolute Gasteiger partial charge is 0.425 e. The number of hydrogen-bond acceptors (Lipinski definition) is 6. The zero-order valence-corrected chi connectivity index (χ0v) is 17.8. The molecule has 0 aliphatic carbocycles. The molecule has 1 amide bonds. The number of amidine groups is 1. The fourth-order valence-corrected chi connectivity index (χ4v) is 5.67. The zero-order chi connectivity index (χ0) is 23.0. The van der Waals surface area contributed by atoms with E-state index in [-0.39, 0.29) is 25.7 Å². The highest BCUT2D eigenvalue weighted by Crippen LogP contribution is 2.55. The van der Waals surface area contributed by atoms with Crippen LogP contribution < -0.4 is 20.1 Å². The van der Waals surface area contributed by atoms with E-state index in [9.17, 15) is 18.0 Å². The highest BCUT2D eigenvalue weighted by Gasteiger charge is 2.55. The number of para-hydroxylation sites is 1. The number of amides is 1. The van der Waals surface area contributed by atoms with Gasteiger partial charge in [0.05, 0.1) is 12.2 Å². The van der Waals surface area contributed by atoms with Gasteiger partial charge in [-0.3, -0.25) is 4.79 Å². The molecule has 2 aromatic carbocycles. The second-order valence-corrected chi connectivity index (χ2v) is 9.25. The largest absolute Gasteiger partial charge is 0.454 e. The van der Waals surface area contributed by atoms with E-state index in [0.717, 1.165) is 11.6 Å². The van der Waals surface area contributed by atoms with Crippen LogP contribution in [0, 0.1) is 0 Å². The molecule has 2 N–H and O–H groups in total. The molecule has 6 nitrogen and oxygen atoms in total. The molecule has 10 heteroatoms. The van der Waals surface area contributed by atoms with Crippen LogP contribution in [0.25, 0.3) is 0 Å². The molecule has 1 atom stereocenters. The Morgan fingerprint density at radius 3 is 2.61 bits per heavy atom. The highest BCUT2D eigenvalue weighted by atomic mass is 32.1. The average Bonchev–Trinajstić information content (AvgIpc) is 3.48. The predicted molar refractivity (Wildman–Crippen MR) is 116 cm³/mol. The fourth-order valence-electron chi connectivity index (χ4n) is 4.81. The van der Waals surface area contributed by atoms with Crippen molar-refractivity contribution in [2.75, 3.05) is 11.7 Å². The maximum atomic E-state index is 14.1. The zero-order valence-electron chi connectivity index (χ0n) is 17.0. The Kier molecular flexibility index (Phi) is 4.10. The van der Waals surface area contributed by atoms with Gasteiger partial charge >= 0.3 is 6.18 Å². The molecule has 0 radical (unpaired) electrons. The summed E-state index contributed by atoms with van der Waals surface area (Å²) in [5.74, 6) is 1.07. The molecule has 1 unspecified atom stereocenters. The molecule has 4 heterocycles. The molecule has 3 aliphatic heterocycles. The molecule has 6 rings (SSSR count). The molecule has 1 spiro atoms. The quantitative estimate of drug-likeness (QED) is 0.587. The van der Waals surface area contributed by atoms with Crippen LogP contribution in [0.4, 0.5) is 24.5 Å². The third-order valence-corrected chi connectivity index (χ3v) is 7.30. The summed E-state index contributed by atoms with van der Waals surface area (Å²) in [6, 6.07) is 13.2. The van der Waals surface area contributed by atoms with Gasteiger partial charge in [-0.05, 0) is 29.8 Å². The van der Waals surface area contributed by atoms with Crippen molar-refractivity contribution in [3.63, 3.8) is 0 Å². The Balaban J connectivity index is 1.49. The van der Waals surface area contributed by atoms with Crippen molar-refractivity contribution in [2.24, 2.45) is 10.7 Å². The second kappa shape index (κ2) is 6.74. The van der Waals surface area contributed by atoms with Crippen molar-refractivity contribution < 1.29 is 27.4 Å². The number of aliphatic imine (C=N–C) groups is 1. The van der Waals surface area contributed by atoms with Crippen molar-refractivity contribution in [3.8, 4) is 11.5 Å². The molecule has 0 saturated carbocycles. The molecule has 0 fully saturated rings. The Labute approximate surface area is 190 Å². The van der Waals surface area contributed by atoms with E-state index >= 15 is 0 Å². The van der Waals surface area contributed by atoms with Crippen LogP contribution in [0.2, 0.25) is 0 Å². The summed E-state index contributed by atoms with van der Waals surface area (Å²) in [6.45, 7) is 0.0935. The Morgan fingerprint density at radius 1 is 1.09 bits per heavy atom. The summed E-state index contributed by atoms with van der Waals surface area (Å²) in [5, 5.41) is 0. The molecule has 0 saturated heterocycles. The number of ether oxygens (including phenoxy) is 2. The van der Waals surface area contributed by atoms with E-state index in [2.05, 4.69) is 4.99 Å². The normalized spacial score (nSPS) is 20.8. The van der Waals surface area contributed by atoms with Crippen LogP contribution in [0.3, 0.4) is 0 Å². The Bertz CT molecular complexity index is 1350. The first-order valence-electron chi connectivity index (χ1n) is 10.1. The van der Waals surface area contributed by atoms with Gasteiger partial charge in [-0.15, -0.1) is 11.3 Å². The number of rotatable bonds is 2. The number of carbonyl (C=O) groups is 1. The van der Waals surface area contributed by atoms with Crippen molar-refractivity contribution in [1.82, 2.24) is 0 Å². The molecular formula is C23H16F3N3O3S. The van der Waals surface area contributed by atoms with Gasteiger partial charge in [-0.25, -0.2) is 4.99 Å². The van der Waals surface area contributed by atoms with Crippen LogP contribution in [-0.4, -0.2) is 18.5 Å². The summed E-state index contributed by atoms with van der Waals surface area (Å²) in [4.78, 5) is 19.8. The van der Waals surface area contributed by atoms with Crippen molar-refractivity contribution in [1.29, 1.82) is 0 Å². The minimum atomic E-state index is -4.42. The van der Waals surface area contributed by atoms with E-state index in [1.165, 1.54) is 11.0 Å². The molecule has 1 aromatic heterocycles. The number of alkyl halides is 3. The number of nitrogens with two attached hydrogens (primary N) is 1. The number of fused-ring (bicyclic) bond motifs is 5. The number of nitrogens with zero attached hydrogens (tertiary/aromatic N) is 2. The van der Waals surface area contributed by atoms with Gasteiger partial charge in [0.25, 0.3) is 0 Å².